The molecule has 1 amide bonds. The highest BCUT2D eigenvalue weighted by molar-refractivity contribution is 5.92. The molecule has 0 aliphatic rings. The van der Waals surface area contributed by atoms with Crippen LogP contribution in [0.3, 0.4) is 0 Å². The number of aryl methyl sites for hydroxylation is 1. The van der Waals surface area contributed by atoms with Crippen LogP contribution in [-0.2, 0) is 4.79 Å². The molecule has 0 heterocycles. The van der Waals surface area contributed by atoms with E-state index in [9.17, 15) is 4.79 Å². The van der Waals surface area contributed by atoms with Gasteiger partial charge in [0.2, 0.25) is 5.91 Å². The number of anilines is 1. The van der Waals surface area contributed by atoms with E-state index in [2.05, 4.69) is 10.6 Å². The summed E-state index contributed by atoms with van der Waals surface area (Å²) in [4.78, 5) is 12.0. The lowest BCUT2D eigenvalue weighted by atomic mass is 10.2. The molecule has 2 rings (SSSR count). The van der Waals surface area contributed by atoms with Crippen molar-refractivity contribution in [2.75, 3.05) is 18.9 Å². The number of carbonyl (C=O) groups excluding carboxylic acids is 1. The van der Waals surface area contributed by atoms with Crippen LogP contribution in [0.25, 0.3) is 0 Å². The normalized spacial score (nSPS) is 10.3. The molecular formula is C18H22N2O2. The SMILES string of the molecule is CNCCCC(=O)Nc1cc(C)ccc1Oc1ccccc1. The first-order valence-electron chi connectivity index (χ1n) is 7.47. The Morgan fingerprint density at radius 3 is 2.64 bits per heavy atom. The molecule has 0 unspecified atom stereocenters. The number of nitrogens with one attached hydrogen (secondary N) is 2. The van der Waals surface area contributed by atoms with Gasteiger partial charge in [-0.15, -0.1) is 0 Å². The summed E-state index contributed by atoms with van der Waals surface area (Å²) in [5, 5.41) is 5.97. The number of ether oxygens (including phenoxy) is 1. The van der Waals surface area contributed by atoms with E-state index in [1.54, 1.807) is 0 Å². The van der Waals surface area contributed by atoms with Gasteiger partial charge in [0.15, 0.2) is 5.75 Å². The number of benzene rings is 2. The van der Waals surface area contributed by atoms with Crippen molar-refractivity contribution in [2.24, 2.45) is 0 Å². The molecule has 22 heavy (non-hydrogen) atoms. The molecule has 0 radical (unpaired) electrons. The van der Waals surface area contributed by atoms with Gasteiger partial charge in [-0.25, -0.2) is 0 Å². The third-order valence-electron chi connectivity index (χ3n) is 3.21. The van der Waals surface area contributed by atoms with Gasteiger partial charge in [-0.2, -0.15) is 0 Å². The number of hydrogen-bond donors (Lipinski definition) is 2. The highest BCUT2D eigenvalue weighted by Crippen LogP contribution is 2.30. The summed E-state index contributed by atoms with van der Waals surface area (Å²) in [6.45, 7) is 2.82. The van der Waals surface area contributed by atoms with Gasteiger partial charge in [0.1, 0.15) is 5.75 Å². The van der Waals surface area contributed by atoms with E-state index in [-0.39, 0.29) is 5.91 Å². The van der Waals surface area contributed by atoms with Gasteiger partial charge in [-0.1, -0.05) is 24.3 Å². The van der Waals surface area contributed by atoms with Crippen molar-refractivity contribution < 1.29 is 9.53 Å². The summed E-state index contributed by atoms with van der Waals surface area (Å²) in [6, 6.07) is 15.3. The molecule has 0 atom stereocenters. The maximum Gasteiger partial charge on any atom is 0.224 e. The second-order valence-electron chi connectivity index (χ2n) is 5.17. The Bertz CT molecular complexity index is 612. The van der Waals surface area contributed by atoms with Crippen molar-refractivity contribution >= 4 is 11.6 Å². The number of rotatable bonds is 7. The van der Waals surface area contributed by atoms with E-state index in [0.717, 1.165) is 24.3 Å². The van der Waals surface area contributed by atoms with Gasteiger partial charge in [0.25, 0.3) is 0 Å². The molecule has 0 fully saturated rings. The molecule has 0 saturated carbocycles. The molecule has 4 heteroatoms. The molecule has 0 aromatic heterocycles. The summed E-state index contributed by atoms with van der Waals surface area (Å²) in [5.41, 5.74) is 1.78. The lowest BCUT2D eigenvalue weighted by Crippen LogP contribution is -2.15. The minimum Gasteiger partial charge on any atom is -0.455 e. The minimum absolute atomic E-state index is 0.00115. The molecule has 0 spiro atoms. The first kappa shape index (κ1) is 16.0. The van der Waals surface area contributed by atoms with Crippen molar-refractivity contribution in [3.8, 4) is 11.5 Å². The standard InChI is InChI=1S/C18H22N2O2/c1-14-10-11-17(22-15-7-4-3-5-8-15)16(13-14)20-18(21)9-6-12-19-2/h3-5,7-8,10-11,13,19H,6,9,12H2,1-2H3,(H,20,21). The van der Waals surface area contributed by atoms with Crippen LogP contribution in [0.4, 0.5) is 5.69 Å². The third kappa shape index (κ3) is 4.90. The van der Waals surface area contributed by atoms with E-state index >= 15 is 0 Å². The summed E-state index contributed by atoms with van der Waals surface area (Å²) in [6.07, 6.45) is 1.29. The molecule has 4 nitrogen and oxygen atoms in total. The van der Waals surface area contributed by atoms with Gasteiger partial charge >= 0.3 is 0 Å². The first-order valence-corrected chi connectivity index (χ1v) is 7.47. The molecular weight excluding hydrogens is 276 g/mol. The number of para-hydroxylation sites is 1. The van der Waals surface area contributed by atoms with Gasteiger partial charge in [0, 0.05) is 6.42 Å². The monoisotopic (exact) mass is 298 g/mol. The lowest BCUT2D eigenvalue weighted by molar-refractivity contribution is -0.116. The van der Waals surface area contributed by atoms with Crippen LogP contribution in [0.2, 0.25) is 0 Å². The summed E-state index contributed by atoms with van der Waals surface area (Å²) in [7, 11) is 1.88. The highest BCUT2D eigenvalue weighted by atomic mass is 16.5. The van der Waals surface area contributed by atoms with Crippen LogP contribution in [-0.4, -0.2) is 19.5 Å². The van der Waals surface area contributed by atoms with Crippen LogP contribution < -0.4 is 15.4 Å². The van der Waals surface area contributed by atoms with Crippen molar-refractivity contribution in [3.05, 3.63) is 54.1 Å². The summed E-state index contributed by atoms with van der Waals surface area (Å²) < 4.78 is 5.86. The molecule has 2 aromatic rings. The maximum absolute atomic E-state index is 12.0. The summed E-state index contributed by atoms with van der Waals surface area (Å²) in [5.74, 6) is 1.40. The predicted molar refractivity (Wildman–Crippen MR) is 89.5 cm³/mol. The summed E-state index contributed by atoms with van der Waals surface area (Å²) >= 11 is 0. The molecule has 0 aliphatic carbocycles. The van der Waals surface area contributed by atoms with Gasteiger partial charge in [-0.3, -0.25) is 4.79 Å². The Labute approximate surface area is 131 Å². The second-order valence-corrected chi connectivity index (χ2v) is 5.17. The first-order chi connectivity index (χ1) is 10.7. The zero-order valence-electron chi connectivity index (χ0n) is 13.1. The van der Waals surface area contributed by atoms with Crippen LogP contribution >= 0.6 is 0 Å². The fourth-order valence-corrected chi connectivity index (χ4v) is 2.08. The zero-order valence-corrected chi connectivity index (χ0v) is 13.1. The predicted octanol–water partition coefficient (Wildman–Crippen LogP) is 3.73. The van der Waals surface area contributed by atoms with Crippen LogP contribution in [0, 0.1) is 6.92 Å². The largest absolute Gasteiger partial charge is 0.455 e. The third-order valence-corrected chi connectivity index (χ3v) is 3.21. The Balaban J connectivity index is 2.09. The molecule has 0 saturated heterocycles. The van der Waals surface area contributed by atoms with Crippen LogP contribution in [0.1, 0.15) is 18.4 Å². The minimum atomic E-state index is -0.00115. The Kier molecular flexibility index (Phi) is 5.98. The molecule has 116 valence electrons. The van der Waals surface area contributed by atoms with E-state index in [0.29, 0.717) is 17.9 Å². The van der Waals surface area contributed by atoms with Crippen LogP contribution in [0.15, 0.2) is 48.5 Å². The quantitative estimate of drug-likeness (QED) is 0.766. The van der Waals surface area contributed by atoms with Crippen molar-refractivity contribution in [1.29, 1.82) is 0 Å². The van der Waals surface area contributed by atoms with Crippen molar-refractivity contribution in [3.63, 3.8) is 0 Å². The molecule has 0 aliphatic heterocycles. The Hall–Kier alpha value is -2.33. The number of amides is 1. The van der Waals surface area contributed by atoms with Crippen LogP contribution in [0.5, 0.6) is 11.5 Å². The van der Waals surface area contributed by atoms with Gasteiger partial charge in [0.05, 0.1) is 5.69 Å². The van der Waals surface area contributed by atoms with E-state index in [1.165, 1.54) is 0 Å². The van der Waals surface area contributed by atoms with Gasteiger partial charge < -0.3 is 15.4 Å². The maximum atomic E-state index is 12.0. The smallest absolute Gasteiger partial charge is 0.224 e. The van der Waals surface area contributed by atoms with Crippen molar-refractivity contribution in [2.45, 2.75) is 19.8 Å². The average molecular weight is 298 g/mol. The van der Waals surface area contributed by atoms with Gasteiger partial charge in [-0.05, 0) is 56.8 Å². The lowest BCUT2D eigenvalue weighted by Gasteiger charge is -2.13. The number of hydrogen-bond acceptors (Lipinski definition) is 3. The van der Waals surface area contributed by atoms with E-state index in [4.69, 9.17) is 4.74 Å². The average Bonchev–Trinajstić information content (AvgIpc) is 2.51. The number of carbonyl (C=O) groups is 1. The Morgan fingerprint density at radius 2 is 1.91 bits per heavy atom. The van der Waals surface area contributed by atoms with Crippen molar-refractivity contribution in [1.82, 2.24) is 5.32 Å². The molecule has 2 aromatic carbocycles. The zero-order chi connectivity index (χ0) is 15.8. The second kappa shape index (κ2) is 8.20. The fourth-order valence-electron chi connectivity index (χ4n) is 2.08. The molecule has 0 bridgehead atoms. The van der Waals surface area contributed by atoms with E-state index in [1.807, 2.05) is 62.5 Å². The topological polar surface area (TPSA) is 50.4 Å². The van der Waals surface area contributed by atoms with E-state index < -0.39 is 0 Å². The molecule has 2 N–H and O–H groups in total. The Morgan fingerprint density at radius 1 is 1.14 bits per heavy atom. The highest BCUT2D eigenvalue weighted by Gasteiger charge is 2.09. The fraction of sp³-hybridized carbons (Fsp3) is 0.278.